The number of nitrogens with zero attached hydrogens (tertiary/aromatic N) is 3. The second kappa shape index (κ2) is 7.89. The molecular formula is C17H17Cl2N3O3. The molecule has 3 rings (SSSR count). The normalized spacial score (nSPS) is 17.2. The average molecular weight is 382 g/mol. The number of methoxy groups -OCH3 is 1. The van der Waals surface area contributed by atoms with E-state index < -0.39 is 0 Å². The number of aromatic nitrogens is 2. The van der Waals surface area contributed by atoms with Crippen LogP contribution in [0, 0.1) is 0 Å². The Labute approximate surface area is 155 Å². The molecule has 2 heterocycles. The number of carbonyl (C=O) groups excluding carboxylic acids is 1. The van der Waals surface area contributed by atoms with Crippen molar-refractivity contribution in [3.05, 3.63) is 46.2 Å². The number of benzene rings is 1. The first kappa shape index (κ1) is 17.8. The number of piperidine rings is 1. The van der Waals surface area contributed by atoms with Gasteiger partial charge in [-0.2, -0.15) is 0 Å². The molecule has 8 heteroatoms. The van der Waals surface area contributed by atoms with E-state index in [0.29, 0.717) is 34.4 Å². The van der Waals surface area contributed by atoms with Gasteiger partial charge in [-0.25, -0.2) is 9.97 Å². The van der Waals surface area contributed by atoms with Crippen molar-refractivity contribution in [1.29, 1.82) is 0 Å². The van der Waals surface area contributed by atoms with Gasteiger partial charge in [0.05, 0.1) is 36.6 Å². The summed E-state index contributed by atoms with van der Waals surface area (Å²) in [4.78, 5) is 22.7. The molecule has 1 aliphatic rings. The molecule has 1 unspecified atom stereocenters. The van der Waals surface area contributed by atoms with Crippen LogP contribution >= 0.6 is 23.2 Å². The zero-order chi connectivity index (χ0) is 17.8. The Kier molecular flexibility index (Phi) is 5.60. The maximum absolute atomic E-state index is 12.9. The first-order valence-electron chi connectivity index (χ1n) is 7.84. The molecule has 1 aromatic heterocycles. The lowest BCUT2D eigenvalue weighted by Gasteiger charge is -2.32. The fourth-order valence-electron chi connectivity index (χ4n) is 2.75. The van der Waals surface area contributed by atoms with Gasteiger partial charge in [-0.05, 0) is 31.0 Å². The lowest BCUT2D eigenvalue weighted by Crippen LogP contribution is -2.44. The van der Waals surface area contributed by atoms with Crippen molar-refractivity contribution in [3.63, 3.8) is 0 Å². The average Bonchev–Trinajstić information content (AvgIpc) is 2.63. The number of likely N-dealkylation sites (tertiary alicyclic amines) is 1. The van der Waals surface area contributed by atoms with E-state index in [0.717, 1.165) is 12.8 Å². The van der Waals surface area contributed by atoms with Crippen molar-refractivity contribution in [3.8, 4) is 11.8 Å². The van der Waals surface area contributed by atoms with Gasteiger partial charge in [0.15, 0.2) is 0 Å². The number of rotatable bonds is 4. The van der Waals surface area contributed by atoms with E-state index in [1.165, 1.54) is 19.5 Å². The van der Waals surface area contributed by atoms with Crippen molar-refractivity contribution in [2.24, 2.45) is 0 Å². The lowest BCUT2D eigenvalue weighted by atomic mass is 10.1. The Morgan fingerprint density at radius 3 is 2.72 bits per heavy atom. The molecule has 1 aromatic carbocycles. The summed E-state index contributed by atoms with van der Waals surface area (Å²) in [5, 5.41) is 0.935. The minimum atomic E-state index is -0.177. The van der Waals surface area contributed by atoms with Crippen LogP contribution in [0.2, 0.25) is 10.0 Å². The Balaban J connectivity index is 1.71. The van der Waals surface area contributed by atoms with Crippen LogP contribution in [-0.2, 0) is 0 Å². The number of amides is 1. The van der Waals surface area contributed by atoms with Crippen LogP contribution in [0.4, 0.5) is 0 Å². The van der Waals surface area contributed by atoms with Gasteiger partial charge >= 0.3 is 6.01 Å². The molecule has 1 aliphatic heterocycles. The Morgan fingerprint density at radius 1 is 1.24 bits per heavy atom. The van der Waals surface area contributed by atoms with Crippen LogP contribution < -0.4 is 9.47 Å². The minimum Gasteiger partial charge on any atom is -0.496 e. The van der Waals surface area contributed by atoms with Crippen molar-refractivity contribution in [2.75, 3.05) is 20.2 Å². The minimum absolute atomic E-state index is 0.135. The summed E-state index contributed by atoms with van der Waals surface area (Å²) in [5.41, 5.74) is 0.443. The number of ether oxygens (including phenoxy) is 2. The lowest BCUT2D eigenvalue weighted by molar-refractivity contribution is 0.0513. The van der Waals surface area contributed by atoms with Gasteiger partial charge in [-0.15, -0.1) is 0 Å². The van der Waals surface area contributed by atoms with Gasteiger partial charge in [0.25, 0.3) is 5.91 Å². The van der Waals surface area contributed by atoms with Gasteiger partial charge < -0.3 is 14.4 Å². The van der Waals surface area contributed by atoms with E-state index in [1.54, 1.807) is 23.1 Å². The second-order valence-electron chi connectivity index (χ2n) is 5.66. The third-order valence-electron chi connectivity index (χ3n) is 3.93. The molecule has 0 bridgehead atoms. The van der Waals surface area contributed by atoms with E-state index in [4.69, 9.17) is 32.7 Å². The highest BCUT2D eigenvalue weighted by molar-refractivity contribution is 6.31. The molecule has 0 N–H and O–H groups in total. The predicted molar refractivity (Wildman–Crippen MR) is 94.6 cm³/mol. The largest absolute Gasteiger partial charge is 0.496 e. The SMILES string of the molecule is COc1ccc(Cl)cc1C(=O)N1CCCC(Oc2ncc(Cl)cn2)C1. The zero-order valence-corrected chi connectivity index (χ0v) is 15.1. The van der Waals surface area contributed by atoms with Crippen molar-refractivity contribution in [2.45, 2.75) is 18.9 Å². The molecule has 6 nitrogen and oxygen atoms in total. The Hall–Kier alpha value is -2.05. The maximum atomic E-state index is 12.9. The van der Waals surface area contributed by atoms with Crippen molar-refractivity contribution < 1.29 is 14.3 Å². The van der Waals surface area contributed by atoms with Crippen LogP contribution in [-0.4, -0.2) is 47.1 Å². The topological polar surface area (TPSA) is 64.5 Å². The molecule has 0 aliphatic carbocycles. The fraction of sp³-hybridized carbons (Fsp3) is 0.353. The van der Waals surface area contributed by atoms with E-state index in [-0.39, 0.29) is 18.0 Å². The van der Waals surface area contributed by atoms with E-state index in [2.05, 4.69) is 9.97 Å². The highest BCUT2D eigenvalue weighted by Gasteiger charge is 2.28. The fourth-order valence-corrected chi connectivity index (χ4v) is 3.02. The maximum Gasteiger partial charge on any atom is 0.316 e. The number of hydrogen-bond acceptors (Lipinski definition) is 5. The molecule has 1 amide bonds. The van der Waals surface area contributed by atoms with Crippen LogP contribution in [0.5, 0.6) is 11.8 Å². The van der Waals surface area contributed by atoms with Crippen LogP contribution in [0.1, 0.15) is 23.2 Å². The molecule has 132 valence electrons. The monoisotopic (exact) mass is 381 g/mol. The van der Waals surface area contributed by atoms with Crippen molar-refractivity contribution in [1.82, 2.24) is 14.9 Å². The summed E-state index contributed by atoms with van der Waals surface area (Å²) in [6, 6.07) is 5.26. The van der Waals surface area contributed by atoms with Crippen LogP contribution in [0.15, 0.2) is 30.6 Å². The zero-order valence-electron chi connectivity index (χ0n) is 13.6. The van der Waals surface area contributed by atoms with Gasteiger partial charge in [0.1, 0.15) is 11.9 Å². The highest BCUT2D eigenvalue weighted by Crippen LogP contribution is 2.26. The molecule has 0 spiro atoms. The number of halogens is 2. The molecule has 0 radical (unpaired) electrons. The summed E-state index contributed by atoms with van der Waals surface area (Å²) in [5.74, 6) is 0.364. The number of hydrogen-bond donors (Lipinski definition) is 0. The van der Waals surface area contributed by atoms with Crippen molar-refractivity contribution >= 4 is 29.1 Å². The Bertz CT molecular complexity index is 755. The molecule has 1 fully saturated rings. The van der Waals surface area contributed by atoms with Crippen LogP contribution in [0.3, 0.4) is 0 Å². The standard InChI is InChI=1S/C17H17Cl2N3O3/c1-24-15-5-4-11(18)7-14(15)16(23)22-6-2-3-13(10-22)25-17-20-8-12(19)9-21-17/h4-5,7-9,13H,2-3,6,10H2,1H3. The molecule has 0 saturated carbocycles. The summed E-state index contributed by atoms with van der Waals surface area (Å²) in [7, 11) is 1.53. The second-order valence-corrected chi connectivity index (χ2v) is 6.53. The summed E-state index contributed by atoms with van der Waals surface area (Å²) in [6.07, 6.45) is 4.43. The molecule has 25 heavy (non-hydrogen) atoms. The summed E-state index contributed by atoms with van der Waals surface area (Å²) in [6.45, 7) is 1.09. The first-order chi connectivity index (χ1) is 12.1. The molecule has 1 atom stereocenters. The van der Waals surface area contributed by atoms with Gasteiger partial charge in [-0.1, -0.05) is 23.2 Å². The summed E-state index contributed by atoms with van der Waals surface area (Å²) >= 11 is 11.8. The first-order valence-corrected chi connectivity index (χ1v) is 8.59. The molecule has 1 saturated heterocycles. The predicted octanol–water partition coefficient (Wildman–Crippen LogP) is 3.48. The van der Waals surface area contributed by atoms with Gasteiger partial charge in [-0.3, -0.25) is 4.79 Å². The quantitative estimate of drug-likeness (QED) is 0.810. The van der Waals surface area contributed by atoms with E-state index in [1.807, 2.05) is 0 Å². The third-order valence-corrected chi connectivity index (χ3v) is 4.36. The third kappa shape index (κ3) is 4.32. The molecular weight excluding hydrogens is 365 g/mol. The van der Waals surface area contributed by atoms with Gasteiger partial charge in [0.2, 0.25) is 0 Å². The smallest absolute Gasteiger partial charge is 0.316 e. The molecule has 2 aromatic rings. The van der Waals surface area contributed by atoms with E-state index >= 15 is 0 Å². The Morgan fingerprint density at radius 2 is 2.00 bits per heavy atom. The number of carbonyl (C=O) groups is 1. The van der Waals surface area contributed by atoms with E-state index in [9.17, 15) is 4.79 Å². The van der Waals surface area contributed by atoms with Gasteiger partial charge in [0, 0.05) is 11.6 Å². The van der Waals surface area contributed by atoms with Crippen LogP contribution in [0.25, 0.3) is 0 Å². The highest BCUT2D eigenvalue weighted by atomic mass is 35.5. The summed E-state index contributed by atoms with van der Waals surface area (Å²) < 4.78 is 11.1.